The molecule has 0 bridgehead atoms. The Morgan fingerprint density at radius 1 is 1.04 bits per heavy atom. The van der Waals surface area contributed by atoms with E-state index in [1.807, 2.05) is 37.3 Å². The van der Waals surface area contributed by atoms with Gasteiger partial charge >= 0.3 is 0 Å². The van der Waals surface area contributed by atoms with Gasteiger partial charge in [-0.05, 0) is 29.8 Å². The molecule has 0 aliphatic carbocycles. The molecule has 0 atom stereocenters. The van der Waals surface area contributed by atoms with E-state index in [4.69, 9.17) is 0 Å². The van der Waals surface area contributed by atoms with Gasteiger partial charge in [-0.2, -0.15) is 4.31 Å². The molecular weight excluding hydrogens is 312 g/mol. The van der Waals surface area contributed by atoms with E-state index < -0.39 is 10.0 Å². The van der Waals surface area contributed by atoms with Crippen LogP contribution in [0.5, 0.6) is 0 Å². The topological polar surface area (TPSA) is 66.5 Å². The molecule has 1 amide bonds. The third kappa shape index (κ3) is 4.40. The van der Waals surface area contributed by atoms with Gasteiger partial charge in [-0.15, -0.1) is 0 Å². The van der Waals surface area contributed by atoms with Crippen molar-refractivity contribution < 1.29 is 13.2 Å². The van der Waals surface area contributed by atoms with Crippen LogP contribution >= 0.6 is 0 Å². The summed E-state index contributed by atoms with van der Waals surface area (Å²) in [5.41, 5.74) is 1.51. The zero-order valence-corrected chi connectivity index (χ0v) is 14.0. The van der Waals surface area contributed by atoms with Gasteiger partial charge in [0.1, 0.15) is 0 Å². The number of amides is 1. The molecule has 0 spiro atoms. The molecule has 0 fully saturated rings. The number of anilines is 1. The highest BCUT2D eigenvalue weighted by Crippen LogP contribution is 2.20. The molecule has 2 aromatic rings. The maximum absolute atomic E-state index is 12.7. The van der Waals surface area contributed by atoms with E-state index in [1.165, 1.54) is 23.4 Å². The molecule has 6 heteroatoms. The SMILES string of the molecule is CCN(Cc1ccccc1)S(=O)(=O)c1ccc(NC(C)=O)cc1. The molecule has 0 aromatic heterocycles. The third-order valence-electron chi connectivity index (χ3n) is 3.37. The first-order chi connectivity index (χ1) is 10.9. The van der Waals surface area contributed by atoms with Gasteiger partial charge in [0.25, 0.3) is 0 Å². The van der Waals surface area contributed by atoms with Gasteiger partial charge in [-0.3, -0.25) is 4.79 Å². The predicted octanol–water partition coefficient (Wildman–Crippen LogP) is 2.86. The van der Waals surface area contributed by atoms with Crippen molar-refractivity contribution in [1.29, 1.82) is 0 Å². The number of nitrogens with one attached hydrogen (secondary N) is 1. The van der Waals surface area contributed by atoms with Crippen LogP contribution in [0.4, 0.5) is 5.69 Å². The van der Waals surface area contributed by atoms with Crippen molar-refractivity contribution in [2.75, 3.05) is 11.9 Å². The summed E-state index contributed by atoms with van der Waals surface area (Å²) in [7, 11) is -3.57. The first-order valence-electron chi connectivity index (χ1n) is 7.35. The van der Waals surface area contributed by atoms with Crippen LogP contribution in [0, 0.1) is 0 Å². The fraction of sp³-hybridized carbons (Fsp3) is 0.235. The largest absolute Gasteiger partial charge is 0.326 e. The number of hydrogen-bond acceptors (Lipinski definition) is 3. The molecule has 0 saturated carbocycles. The highest BCUT2D eigenvalue weighted by molar-refractivity contribution is 7.89. The van der Waals surface area contributed by atoms with Crippen LogP contribution in [-0.2, 0) is 21.4 Å². The summed E-state index contributed by atoms with van der Waals surface area (Å²) in [5, 5.41) is 2.62. The third-order valence-corrected chi connectivity index (χ3v) is 5.30. The summed E-state index contributed by atoms with van der Waals surface area (Å²) in [6.45, 7) is 3.92. The second-order valence-corrected chi connectivity index (χ2v) is 7.06. The second-order valence-electron chi connectivity index (χ2n) is 5.12. The Kier molecular flexibility index (Phi) is 5.52. The average molecular weight is 332 g/mol. The molecule has 122 valence electrons. The Morgan fingerprint density at radius 3 is 2.17 bits per heavy atom. The zero-order valence-electron chi connectivity index (χ0n) is 13.2. The van der Waals surface area contributed by atoms with Crippen LogP contribution in [0.25, 0.3) is 0 Å². The van der Waals surface area contributed by atoms with Gasteiger partial charge in [0.15, 0.2) is 0 Å². The number of benzene rings is 2. The van der Waals surface area contributed by atoms with Gasteiger partial charge < -0.3 is 5.32 Å². The van der Waals surface area contributed by atoms with Gasteiger partial charge in [-0.25, -0.2) is 8.42 Å². The first kappa shape index (κ1) is 17.2. The highest BCUT2D eigenvalue weighted by atomic mass is 32.2. The summed E-state index contributed by atoms with van der Waals surface area (Å²) in [6, 6.07) is 15.7. The normalized spacial score (nSPS) is 11.4. The molecule has 1 N–H and O–H groups in total. The molecule has 0 heterocycles. The summed E-state index contributed by atoms with van der Waals surface area (Å²) >= 11 is 0. The van der Waals surface area contributed by atoms with E-state index >= 15 is 0 Å². The van der Waals surface area contributed by atoms with Crippen LogP contribution in [0.2, 0.25) is 0 Å². The Balaban J connectivity index is 2.22. The van der Waals surface area contributed by atoms with Gasteiger partial charge in [0, 0.05) is 25.7 Å². The molecule has 0 aliphatic rings. The highest BCUT2D eigenvalue weighted by Gasteiger charge is 2.23. The van der Waals surface area contributed by atoms with Crippen molar-refractivity contribution in [1.82, 2.24) is 4.31 Å². The maximum Gasteiger partial charge on any atom is 0.243 e. The summed E-state index contributed by atoms with van der Waals surface area (Å²) in [5.74, 6) is -0.195. The number of hydrogen-bond donors (Lipinski definition) is 1. The molecule has 0 radical (unpaired) electrons. The zero-order chi connectivity index (χ0) is 16.9. The summed E-state index contributed by atoms with van der Waals surface area (Å²) in [4.78, 5) is 11.2. The minimum atomic E-state index is -3.57. The number of carbonyl (C=O) groups excluding carboxylic acids is 1. The molecule has 0 saturated heterocycles. The van der Waals surface area contributed by atoms with Crippen LogP contribution < -0.4 is 5.32 Å². The molecule has 5 nitrogen and oxygen atoms in total. The number of nitrogens with zero attached hydrogens (tertiary/aromatic N) is 1. The Morgan fingerprint density at radius 2 is 1.65 bits per heavy atom. The molecule has 23 heavy (non-hydrogen) atoms. The standard InChI is InChI=1S/C17H20N2O3S/c1-3-19(13-15-7-5-4-6-8-15)23(21,22)17-11-9-16(10-12-17)18-14(2)20/h4-12H,3,13H2,1-2H3,(H,18,20). The van der Waals surface area contributed by atoms with Crippen molar-refractivity contribution in [3.63, 3.8) is 0 Å². The molecular formula is C17H20N2O3S. The number of carbonyl (C=O) groups is 1. The number of sulfonamides is 1. The van der Waals surface area contributed by atoms with E-state index in [1.54, 1.807) is 12.1 Å². The van der Waals surface area contributed by atoms with Gasteiger partial charge in [0.05, 0.1) is 4.90 Å². The molecule has 0 unspecified atom stereocenters. The lowest BCUT2D eigenvalue weighted by Gasteiger charge is -2.20. The van der Waals surface area contributed by atoms with Gasteiger partial charge in [-0.1, -0.05) is 37.3 Å². The minimum absolute atomic E-state index is 0.195. The fourth-order valence-corrected chi connectivity index (χ4v) is 3.65. The van der Waals surface area contributed by atoms with Gasteiger partial charge in [0.2, 0.25) is 15.9 Å². The fourth-order valence-electron chi connectivity index (χ4n) is 2.22. The summed E-state index contributed by atoms with van der Waals surface area (Å²) in [6.07, 6.45) is 0. The quantitative estimate of drug-likeness (QED) is 0.884. The smallest absolute Gasteiger partial charge is 0.243 e. The van der Waals surface area contributed by atoms with E-state index in [0.717, 1.165) is 5.56 Å². The van der Waals surface area contributed by atoms with Crippen molar-refractivity contribution >= 4 is 21.6 Å². The van der Waals surface area contributed by atoms with E-state index in [0.29, 0.717) is 18.8 Å². The minimum Gasteiger partial charge on any atom is -0.326 e. The summed E-state index contributed by atoms with van der Waals surface area (Å²) < 4.78 is 26.9. The van der Waals surface area contributed by atoms with Crippen LogP contribution in [0.3, 0.4) is 0 Å². The lowest BCUT2D eigenvalue weighted by atomic mass is 10.2. The van der Waals surface area contributed by atoms with E-state index in [-0.39, 0.29) is 10.8 Å². The van der Waals surface area contributed by atoms with Crippen molar-refractivity contribution in [3.05, 3.63) is 60.2 Å². The van der Waals surface area contributed by atoms with E-state index in [2.05, 4.69) is 5.32 Å². The maximum atomic E-state index is 12.7. The van der Waals surface area contributed by atoms with Crippen LogP contribution in [0.1, 0.15) is 19.4 Å². The Labute approximate surface area is 137 Å². The monoisotopic (exact) mass is 332 g/mol. The molecule has 2 rings (SSSR count). The molecule has 0 aliphatic heterocycles. The van der Waals surface area contributed by atoms with Crippen LogP contribution in [-0.4, -0.2) is 25.2 Å². The van der Waals surface area contributed by atoms with Crippen molar-refractivity contribution in [2.24, 2.45) is 0 Å². The first-order valence-corrected chi connectivity index (χ1v) is 8.79. The Hall–Kier alpha value is -2.18. The lowest BCUT2D eigenvalue weighted by Crippen LogP contribution is -2.30. The van der Waals surface area contributed by atoms with Crippen molar-refractivity contribution in [2.45, 2.75) is 25.3 Å². The van der Waals surface area contributed by atoms with Crippen LogP contribution in [0.15, 0.2) is 59.5 Å². The van der Waals surface area contributed by atoms with Crippen molar-refractivity contribution in [3.8, 4) is 0 Å². The second kappa shape index (κ2) is 7.39. The average Bonchev–Trinajstić information content (AvgIpc) is 2.53. The Bertz CT molecular complexity index is 756. The lowest BCUT2D eigenvalue weighted by molar-refractivity contribution is -0.114. The van der Waals surface area contributed by atoms with E-state index in [9.17, 15) is 13.2 Å². The predicted molar refractivity (Wildman–Crippen MR) is 90.5 cm³/mol. The molecule has 2 aromatic carbocycles. The number of rotatable bonds is 6.